The summed E-state index contributed by atoms with van der Waals surface area (Å²) in [4.78, 5) is 9.96. The van der Waals surface area contributed by atoms with Gasteiger partial charge in [-0.25, -0.2) is 0 Å². The van der Waals surface area contributed by atoms with Gasteiger partial charge in [-0.15, -0.1) is 0 Å². The lowest BCUT2D eigenvalue weighted by Crippen LogP contribution is -1.88. The lowest BCUT2D eigenvalue weighted by atomic mass is 10.1. The van der Waals surface area contributed by atoms with Crippen molar-refractivity contribution in [2.45, 2.75) is 12.8 Å². The van der Waals surface area contributed by atoms with Crippen LogP contribution >= 0.6 is 22.6 Å². The maximum Gasteiger partial charge on any atom is 0.198 e. The Kier molecular flexibility index (Phi) is 3.56. The third-order valence-corrected chi connectivity index (χ3v) is 2.51. The van der Waals surface area contributed by atoms with E-state index >= 15 is 0 Å². The van der Waals surface area contributed by atoms with Crippen molar-refractivity contribution < 1.29 is 4.79 Å². The van der Waals surface area contributed by atoms with Crippen LogP contribution in [0, 0.1) is 3.57 Å². The highest BCUT2D eigenvalue weighted by molar-refractivity contribution is 14.1. The maximum atomic E-state index is 9.96. The van der Waals surface area contributed by atoms with Crippen LogP contribution in [0.1, 0.15) is 12.0 Å². The Labute approximate surface area is 79.9 Å². The van der Waals surface area contributed by atoms with Gasteiger partial charge in [0.05, 0.1) is 0 Å². The predicted octanol–water partition coefficient (Wildman–Crippen LogP) is 2.33. The Hall–Kier alpha value is -0.380. The Bertz CT molecular complexity index is 245. The molecule has 0 heterocycles. The predicted molar refractivity (Wildman–Crippen MR) is 53.2 cm³/mol. The quantitative estimate of drug-likeness (QED) is 0.761. The van der Waals surface area contributed by atoms with Crippen LogP contribution in [0.2, 0.25) is 0 Å². The van der Waals surface area contributed by atoms with Gasteiger partial charge in [0.1, 0.15) is 0 Å². The number of halogens is 1. The first-order valence-electron chi connectivity index (χ1n) is 3.43. The monoisotopic (exact) mass is 259 g/mol. The summed E-state index contributed by atoms with van der Waals surface area (Å²) in [5, 5.41) is 0. The number of hydrogen-bond acceptors (Lipinski definition) is 1. The SMILES string of the molecule is O=[C]CCc1ccccc1I. The Morgan fingerprint density at radius 1 is 1.36 bits per heavy atom. The number of hydrogen-bond donors (Lipinski definition) is 0. The zero-order chi connectivity index (χ0) is 8.10. The van der Waals surface area contributed by atoms with Crippen molar-refractivity contribution >= 4 is 28.9 Å². The Morgan fingerprint density at radius 3 is 2.73 bits per heavy atom. The average molecular weight is 259 g/mol. The molecule has 1 aromatic carbocycles. The van der Waals surface area contributed by atoms with Gasteiger partial charge in [0.2, 0.25) is 0 Å². The van der Waals surface area contributed by atoms with Crippen LogP contribution in [0.25, 0.3) is 0 Å². The highest BCUT2D eigenvalue weighted by Gasteiger charge is 1.96. The van der Waals surface area contributed by atoms with E-state index in [1.54, 1.807) is 0 Å². The summed E-state index contributed by atoms with van der Waals surface area (Å²) >= 11 is 2.27. The molecule has 1 nitrogen and oxygen atoms in total. The molecule has 0 fully saturated rings. The molecule has 1 aromatic rings. The fourth-order valence-electron chi connectivity index (χ4n) is 0.887. The molecule has 0 aromatic heterocycles. The highest BCUT2D eigenvalue weighted by Crippen LogP contribution is 2.12. The normalized spacial score (nSPS) is 9.55. The smallest absolute Gasteiger partial charge is 0.198 e. The average Bonchev–Trinajstić information content (AvgIpc) is 2.03. The van der Waals surface area contributed by atoms with E-state index in [9.17, 15) is 4.79 Å². The summed E-state index contributed by atoms with van der Waals surface area (Å²) in [7, 11) is 0. The van der Waals surface area contributed by atoms with Crippen molar-refractivity contribution in [3.8, 4) is 0 Å². The zero-order valence-electron chi connectivity index (χ0n) is 6.01. The number of carbonyl (C=O) groups excluding carboxylic acids is 1. The first-order valence-corrected chi connectivity index (χ1v) is 4.51. The standard InChI is InChI=1S/C9H8IO/c10-9-6-2-1-4-8(9)5-3-7-11/h1-2,4,6H,3,5H2. The third-order valence-electron chi connectivity index (χ3n) is 1.45. The van der Waals surface area contributed by atoms with Gasteiger partial charge in [-0.2, -0.15) is 0 Å². The van der Waals surface area contributed by atoms with Gasteiger partial charge in [0.15, 0.2) is 6.29 Å². The summed E-state index contributed by atoms with van der Waals surface area (Å²) in [6.45, 7) is 0. The summed E-state index contributed by atoms with van der Waals surface area (Å²) in [6, 6.07) is 8.07. The molecule has 0 aliphatic heterocycles. The molecule has 0 amide bonds. The first kappa shape index (κ1) is 8.71. The van der Waals surface area contributed by atoms with Crippen molar-refractivity contribution in [3.05, 3.63) is 33.4 Å². The van der Waals surface area contributed by atoms with E-state index in [1.807, 2.05) is 30.6 Å². The molecule has 57 valence electrons. The minimum atomic E-state index is 0.500. The summed E-state index contributed by atoms with van der Waals surface area (Å²) in [5.74, 6) is 0. The van der Waals surface area contributed by atoms with Gasteiger partial charge in [0.25, 0.3) is 0 Å². The van der Waals surface area contributed by atoms with Gasteiger partial charge in [-0.3, -0.25) is 4.79 Å². The van der Waals surface area contributed by atoms with Crippen LogP contribution < -0.4 is 0 Å². The lowest BCUT2D eigenvalue weighted by molar-refractivity contribution is 0.551. The van der Waals surface area contributed by atoms with Crippen molar-refractivity contribution in [2.24, 2.45) is 0 Å². The first-order chi connectivity index (χ1) is 5.34. The Balaban J connectivity index is 2.69. The largest absolute Gasteiger partial charge is 0.291 e. The van der Waals surface area contributed by atoms with Crippen molar-refractivity contribution in [2.75, 3.05) is 0 Å². The van der Waals surface area contributed by atoms with Gasteiger partial charge < -0.3 is 0 Å². The molecule has 0 N–H and O–H groups in total. The fourth-order valence-corrected chi connectivity index (χ4v) is 1.54. The fraction of sp³-hybridized carbons (Fsp3) is 0.222. The molecule has 0 atom stereocenters. The van der Waals surface area contributed by atoms with E-state index in [4.69, 9.17) is 0 Å². The second kappa shape index (κ2) is 4.49. The molecule has 0 bridgehead atoms. The van der Waals surface area contributed by atoms with Crippen molar-refractivity contribution in [3.63, 3.8) is 0 Å². The number of aryl methyl sites for hydroxylation is 1. The molecule has 1 radical (unpaired) electrons. The van der Waals surface area contributed by atoms with Gasteiger partial charge in [-0.05, 0) is 40.6 Å². The Morgan fingerprint density at radius 2 is 2.09 bits per heavy atom. The molecular formula is C9H8IO. The molecule has 11 heavy (non-hydrogen) atoms. The van der Waals surface area contributed by atoms with E-state index in [-0.39, 0.29) is 0 Å². The van der Waals surface area contributed by atoms with Crippen LogP contribution in [0.5, 0.6) is 0 Å². The summed E-state index contributed by atoms with van der Waals surface area (Å²) in [5.41, 5.74) is 1.23. The zero-order valence-corrected chi connectivity index (χ0v) is 8.17. The molecule has 0 spiro atoms. The molecule has 0 saturated carbocycles. The molecule has 0 unspecified atom stereocenters. The van der Waals surface area contributed by atoms with Crippen LogP contribution in [-0.2, 0) is 11.2 Å². The van der Waals surface area contributed by atoms with E-state index in [0.29, 0.717) is 6.42 Å². The van der Waals surface area contributed by atoms with E-state index < -0.39 is 0 Å². The van der Waals surface area contributed by atoms with E-state index in [1.165, 1.54) is 9.13 Å². The minimum Gasteiger partial charge on any atom is -0.291 e. The van der Waals surface area contributed by atoms with E-state index in [2.05, 4.69) is 22.6 Å². The van der Waals surface area contributed by atoms with Gasteiger partial charge in [0, 0.05) is 9.99 Å². The van der Waals surface area contributed by atoms with Crippen molar-refractivity contribution in [1.29, 1.82) is 0 Å². The molecule has 2 heteroatoms. The minimum absolute atomic E-state index is 0.500. The van der Waals surface area contributed by atoms with Crippen LogP contribution in [-0.4, -0.2) is 6.29 Å². The number of benzene rings is 1. The second-order valence-electron chi connectivity index (χ2n) is 2.24. The van der Waals surface area contributed by atoms with Crippen LogP contribution in [0.4, 0.5) is 0 Å². The topological polar surface area (TPSA) is 17.1 Å². The highest BCUT2D eigenvalue weighted by atomic mass is 127. The van der Waals surface area contributed by atoms with Gasteiger partial charge >= 0.3 is 0 Å². The molecule has 0 aliphatic carbocycles. The molecule has 1 rings (SSSR count). The molecule has 0 aliphatic rings. The summed E-state index contributed by atoms with van der Waals surface area (Å²) in [6.07, 6.45) is 3.20. The van der Waals surface area contributed by atoms with Gasteiger partial charge in [-0.1, -0.05) is 18.2 Å². The lowest BCUT2D eigenvalue weighted by Gasteiger charge is -1.98. The van der Waals surface area contributed by atoms with Crippen LogP contribution in [0.15, 0.2) is 24.3 Å². The third kappa shape index (κ3) is 2.61. The van der Waals surface area contributed by atoms with E-state index in [0.717, 1.165) is 6.42 Å². The molecular weight excluding hydrogens is 251 g/mol. The molecule has 0 saturated heterocycles. The maximum absolute atomic E-state index is 9.96. The van der Waals surface area contributed by atoms with Crippen LogP contribution in [0.3, 0.4) is 0 Å². The second-order valence-corrected chi connectivity index (χ2v) is 3.40. The summed E-state index contributed by atoms with van der Waals surface area (Å²) < 4.78 is 1.22. The van der Waals surface area contributed by atoms with Crippen molar-refractivity contribution in [1.82, 2.24) is 0 Å². The number of rotatable bonds is 3.